The smallest absolute Gasteiger partial charge is 0.162 e. The SMILES string of the molecule is COc1ccc(CN2CCN(Cc3cccc(OC)c3O)C[C@@H]2CCO)c(F)c1. The Labute approximate surface area is 171 Å². The lowest BCUT2D eigenvalue weighted by Crippen LogP contribution is -2.52. The van der Waals surface area contributed by atoms with Gasteiger partial charge >= 0.3 is 0 Å². The van der Waals surface area contributed by atoms with E-state index in [0.717, 1.165) is 25.2 Å². The Morgan fingerprint density at radius 1 is 1.07 bits per heavy atom. The van der Waals surface area contributed by atoms with E-state index >= 15 is 0 Å². The fourth-order valence-electron chi connectivity index (χ4n) is 3.83. The molecule has 1 fully saturated rings. The summed E-state index contributed by atoms with van der Waals surface area (Å²) in [5.41, 5.74) is 1.43. The summed E-state index contributed by atoms with van der Waals surface area (Å²) in [6.07, 6.45) is 0.609. The Kier molecular flexibility index (Phi) is 7.30. The minimum Gasteiger partial charge on any atom is -0.504 e. The zero-order valence-electron chi connectivity index (χ0n) is 17.0. The molecule has 0 saturated carbocycles. The molecule has 7 heteroatoms. The van der Waals surface area contributed by atoms with Crippen molar-refractivity contribution >= 4 is 0 Å². The highest BCUT2D eigenvalue weighted by Gasteiger charge is 2.28. The largest absolute Gasteiger partial charge is 0.504 e. The number of halogens is 1. The lowest BCUT2D eigenvalue weighted by Gasteiger charge is -2.41. The van der Waals surface area contributed by atoms with Crippen molar-refractivity contribution in [2.75, 3.05) is 40.5 Å². The quantitative estimate of drug-likeness (QED) is 0.705. The molecule has 0 bridgehead atoms. The van der Waals surface area contributed by atoms with Gasteiger partial charge in [0.2, 0.25) is 0 Å². The first-order valence-corrected chi connectivity index (χ1v) is 9.80. The van der Waals surface area contributed by atoms with Crippen molar-refractivity contribution < 1.29 is 24.1 Å². The summed E-state index contributed by atoms with van der Waals surface area (Å²) >= 11 is 0. The number of benzene rings is 2. The first-order valence-electron chi connectivity index (χ1n) is 9.80. The fourth-order valence-corrected chi connectivity index (χ4v) is 3.83. The highest BCUT2D eigenvalue weighted by Crippen LogP contribution is 2.31. The van der Waals surface area contributed by atoms with Gasteiger partial charge in [0.1, 0.15) is 11.6 Å². The zero-order valence-corrected chi connectivity index (χ0v) is 17.0. The molecule has 2 aromatic rings. The molecule has 3 rings (SSSR count). The molecule has 1 saturated heterocycles. The van der Waals surface area contributed by atoms with Gasteiger partial charge in [-0.3, -0.25) is 9.80 Å². The number of ether oxygens (including phenoxy) is 2. The third-order valence-electron chi connectivity index (χ3n) is 5.48. The number of phenols is 1. The molecule has 2 aromatic carbocycles. The molecular weight excluding hydrogens is 375 g/mol. The maximum atomic E-state index is 14.4. The number of phenolic OH excluding ortho intramolecular Hbond substituents is 1. The van der Waals surface area contributed by atoms with Crippen LogP contribution in [0.2, 0.25) is 0 Å². The summed E-state index contributed by atoms with van der Waals surface area (Å²) in [6, 6.07) is 10.5. The summed E-state index contributed by atoms with van der Waals surface area (Å²) in [5.74, 6) is 0.844. The lowest BCUT2D eigenvalue weighted by molar-refractivity contribution is 0.0489. The Bertz CT molecular complexity index is 817. The highest BCUT2D eigenvalue weighted by molar-refractivity contribution is 5.45. The maximum Gasteiger partial charge on any atom is 0.162 e. The molecule has 1 atom stereocenters. The van der Waals surface area contributed by atoms with Crippen molar-refractivity contribution in [3.63, 3.8) is 0 Å². The highest BCUT2D eigenvalue weighted by atomic mass is 19.1. The maximum absolute atomic E-state index is 14.4. The molecule has 6 nitrogen and oxygen atoms in total. The van der Waals surface area contributed by atoms with Crippen LogP contribution in [0.1, 0.15) is 17.5 Å². The van der Waals surface area contributed by atoms with Crippen LogP contribution in [0.25, 0.3) is 0 Å². The number of aliphatic hydroxyl groups excluding tert-OH is 1. The van der Waals surface area contributed by atoms with Crippen LogP contribution >= 0.6 is 0 Å². The van der Waals surface area contributed by atoms with Gasteiger partial charge in [0, 0.05) is 62.6 Å². The topological polar surface area (TPSA) is 65.4 Å². The van der Waals surface area contributed by atoms with Crippen LogP contribution in [0.4, 0.5) is 4.39 Å². The molecule has 158 valence electrons. The van der Waals surface area contributed by atoms with Gasteiger partial charge in [-0.1, -0.05) is 18.2 Å². The van der Waals surface area contributed by atoms with Crippen molar-refractivity contribution in [2.45, 2.75) is 25.6 Å². The summed E-state index contributed by atoms with van der Waals surface area (Å²) < 4.78 is 24.6. The van der Waals surface area contributed by atoms with Gasteiger partial charge in [0.15, 0.2) is 11.5 Å². The predicted molar refractivity (Wildman–Crippen MR) is 109 cm³/mol. The number of aromatic hydroxyl groups is 1. The second-order valence-electron chi connectivity index (χ2n) is 7.30. The number of hydrogen-bond acceptors (Lipinski definition) is 6. The van der Waals surface area contributed by atoms with Gasteiger partial charge < -0.3 is 19.7 Å². The lowest BCUT2D eigenvalue weighted by atomic mass is 10.1. The minimum atomic E-state index is -0.282. The summed E-state index contributed by atoms with van der Waals surface area (Å²) in [5, 5.41) is 19.9. The summed E-state index contributed by atoms with van der Waals surface area (Å²) in [7, 11) is 3.05. The first kappa shape index (κ1) is 21.4. The molecule has 0 radical (unpaired) electrons. The third-order valence-corrected chi connectivity index (χ3v) is 5.48. The normalized spacial score (nSPS) is 18.0. The van der Waals surface area contributed by atoms with Crippen molar-refractivity contribution in [1.29, 1.82) is 0 Å². The van der Waals surface area contributed by atoms with Crippen molar-refractivity contribution in [3.8, 4) is 17.2 Å². The van der Waals surface area contributed by atoms with Gasteiger partial charge in [-0.2, -0.15) is 0 Å². The molecule has 2 N–H and O–H groups in total. The van der Waals surface area contributed by atoms with E-state index in [4.69, 9.17) is 9.47 Å². The number of hydrogen-bond donors (Lipinski definition) is 2. The zero-order chi connectivity index (χ0) is 20.8. The number of aliphatic hydroxyl groups is 1. The van der Waals surface area contributed by atoms with E-state index in [9.17, 15) is 14.6 Å². The molecule has 0 spiro atoms. The fraction of sp³-hybridized carbons (Fsp3) is 0.455. The van der Waals surface area contributed by atoms with Gasteiger partial charge in [0.05, 0.1) is 14.2 Å². The molecular formula is C22H29FN2O4. The van der Waals surface area contributed by atoms with Crippen LogP contribution < -0.4 is 9.47 Å². The van der Waals surface area contributed by atoms with Crippen LogP contribution in [0, 0.1) is 5.82 Å². The van der Waals surface area contributed by atoms with Gasteiger partial charge in [-0.25, -0.2) is 4.39 Å². The van der Waals surface area contributed by atoms with E-state index in [1.165, 1.54) is 20.3 Å². The standard InChI is InChI=1S/C22H29FN2O4/c1-28-19-7-6-16(20(23)12-19)14-25-10-9-24(15-18(25)8-11-26)13-17-4-3-5-21(29-2)22(17)27/h3-7,12,18,26-27H,8-11,13-15H2,1-2H3/t18-/m0/s1. The average molecular weight is 404 g/mol. The Balaban J connectivity index is 1.68. The second-order valence-corrected chi connectivity index (χ2v) is 7.30. The Morgan fingerprint density at radius 2 is 1.90 bits per heavy atom. The predicted octanol–water partition coefficient (Wildman–Crippen LogP) is 2.62. The van der Waals surface area contributed by atoms with E-state index in [2.05, 4.69) is 9.80 Å². The minimum absolute atomic E-state index is 0.0739. The molecule has 1 aliphatic heterocycles. The van der Waals surface area contributed by atoms with Crippen molar-refractivity contribution in [1.82, 2.24) is 9.80 Å². The molecule has 0 aromatic heterocycles. The number of rotatable bonds is 8. The van der Waals surface area contributed by atoms with E-state index in [0.29, 0.717) is 36.6 Å². The number of methoxy groups -OCH3 is 2. The molecule has 0 unspecified atom stereocenters. The molecule has 0 amide bonds. The molecule has 1 aliphatic rings. The average Bonchev–Trinajstić information content (AvgIpc) is 2.73. The van der Waals surface area contributed by atoms with Crippen LogP contribution in [-0.4, -0.2) is 66.5 Å². The van der Waals surface area contributed by atoms with Gasteiger partial charge in [-0.15, -0.1) is 0 Å². The number of piperazine rings is 1. The molecule has 1 heterocycles. The first-order chi connectivity index (χ1) is 14.0. The van der Waals surface area contributed by atoms with Gasteiger partial charge in [-0.05, 0) is 18.6 Å². The Morgan fingerprint density at radius 3 is 2.59 bits per heavy atom. The van der Waals surface area contributed by atoms with Gasteiger partial charge in [0.25, 0.3) is 0 Å². The molecule has 29 heavy (non-hydrogen) atoms. The second kappa shape index (κ2) is 9.91. The van der Waals surface area contributed by atoms with Crippen LogP contribution in [0.15, 0.2) is 36.4 Å². The van der Waals surface area contributed by atoms with E-state index in [1.807, 2.05) is 12.1 Å². The van der Waals surface area contributed by atoms with Crippen LogP contribution in [0.3, 0.4) is 0 Å². The number of nitrogens with zero attached hydrogens (tertiary/aromatic N) is 2. The van der Waals surface area contributed by atoms with E-state index in [-0.39, 0.29) is 24.2 Å². The van der Waals surface area contributed by atoms with Crippen molar-refractivity contribution in [3.05, 3.63) is 53.3 Å². The van der Waals surface area contributed by atoms with Crippen molar-refractivity contribution in [2.24, 2.45) is 0 Å². The monoisotopic (exact) mass is 404 g/mol. The summed E-state index contributed by atoms with van der Waals surface area (Å²) in [4.78, 5) is 4.46. The van der Waals surface area contributed by atoms with E-state index < -0.39 is 0 Å². The Hall–Kier alpha value is -2.35. The molecule has 0 aliphatic carbocycles. The van der Waals surface area contributed by atoms with Crippen LogP contribution in [-0.2, 0) is 13.1 Å². The van der Waals surface area contributed by atoms with Crippen LogP contribution in [0.5, 0.6) is 17.2 Å². The van der Waals surface area contributed by atoms with E-state index in [1.54, 1.807) is 18.2 Å². The third kappa shape index (κ3) is 5.18. The number of para-hydroxylation sites is 1. The summed E-state index contributed by atoms with van der Waals surface area (Å²) in [6.45, 7) is 3.42.